The second kappa shape index (κ2) is 7.88. The van der Waals surface area contributed by atoms with E-state index < -0.39 is 12.6 Å². The molecule has 0 saturated heterocycles. The van der Waals surface area contributed by atoms with Gasteiger partial charge in [-0.1, -0.05) is 13.3 Å². The molecule has 0 spiro atoms. The summed E-state index contributed by atoms with van der Waals surface area (Å²) in [5.41, 5.74) is 4.56. The Hall–Kier alpha value is -2.84. The molecule has 0 radical (unpaired) electrons. The first-order chi connectivity index (χ1) is 14.0. The molecule has 4 rings (SSSR count). The first-order valence-electron chi connectivity index (χ1n) is 9.23. The van der Waals surface area contributed by atoms with Gasteiger partial charge in [0.15, 0.2) is 18.4 Å². The van der Waals surface area contributed by atoms with E-state index in [2.05, 4.69) is 15.0 Å². The van der Waals surface area contributed by atoms with E-state index in [9.17, 15) is 4.39 Å². The Morgan fingerprint density at radius 1 is 1.17 bits per heavy atom. The quantitative estimate of drug-likeness (QED) is 0.464. The molecule has 0 unspecified atom stereocenters. The predicted octanol–water partition coefficient (Wildman–Crippen LogP) is 4.64. The van der Waals surface area contributed by atoms with Crippen molar-refractivity contribution in [2.75, 3.05) is 13.9 Å². The molecule has 0 aliphatic rings. The number of aliphatic hydroxyl groups excluding tert-OH is 1. The Balaban J connectivity index is 1.96. The summed E-state index contributed by atoms with van der Waals surface area (Å²) < 4.78 is 25.8. The molecule has 0 fully saturated rings. The highest BCUT2D eigenvalue weighted by Crippen LogP contribution is 2.40. The summed E-state index contributed by atoms with van der Waals surface area (Å²) in [7, 11) is 1.55. The molecule has 6 nitrogen and oxygen atoms in total. The smallest absolute Gasteiger partial charge is 0.232 e. The second-order valence-corrected chi connectivity index (χ2v) is 7.65. The van der Waals surface area contributed by atoms with Gasteiger partial charge in [0, 0.05) is 17.2 Å². The molecule has 0 bridgehead atoms. The molecule has 1 N–H and O–H groups in total. The minimum atomic E-state index is -0.579. The second-order valence-electron chi connectivity index (χ2n) is 6.65. The van der Waals surface area contributed by atoms with E-state index in [0.717, 1.165) is 32.8 Å². The molecule has 150 valence electrons. The van der Waals surface area contributed by atoms with Crippen LogP contribution < -0.4 is 9.47 Å². The number of aryl methyl sites for hydroxylation is 2. The lowest BCUT2D eigenvalue weighted by atomic mass is 10.1. The third kappa shape index (κ3) is 3.49. The minimum Gasteiger partial charge on any atom is -0.480 e. The van der Waals surface area contributed by atoms with Crippen LogP contribution in [0.2, 0.25) is 0 Å². The van der Waals surface area contributed by atoms with Gasteiger partial charge in [-0.3, -0.25) is 0 Å². The predicted molar refractivity (Wildman–Crippen MR) is 111 cm³/mol. The van der Waals surface area contributed by atoms with Crippen LogP contribution in [-0.2, 0) is 6.42 Å². The monoisotopic (exact) mass is 413 g/mol. The number of methoxy groups -OCH3 is 1. The van der Waals surface area contributed by atoms with E-state index in [0.29, 0.717) is 28.9 Å². The number of ether oxygens (including phenoxy) is 2. The maximum absolute atomic E-state index is 14.6. The van der Waals surface area contributed by atoms with Crippen LogP contribution >= 0.6 is 11.3 Å². The van der Waals surface area contributed by atoms with E-state index >= 15 is 0 Å². The summed E-state index contributed by atoms with van der Waals surface area (Å²) in [6.45, 7) is 3.41. The van der Waals surface area contributed by atoms with Crippen molar-refractivity contribution in [2.45, 2.75) is 26.7 Å². The summed E-state index contributed by atoms with van der Waals surface area (Å²) in [6.07, 6.45) is 3.01. The van der Waals surface area contributed by atoms with Crippen LogP contribution in [0, 0.1) is 12.7 Å². The maximum atomic E-state index is 14.6. The number of hydrogen-bond acceptors (Lipinski definition) is 7. The van der Waals surface area contributed by atoms with Crippen molar-refractivity contribution >= 4 is 32.6 Å². The van der Waals surface area contributed by atoms with Crippen LogP contribution in [-0.4, -0.2) is 34.0 Å². The van der Waals surface area contributed by atoms with Gasteiger partial charge in [-0.2, -0.15) is 0 Å². The van der Waals surface area contributed by atoms with Crippen molar-refractivity contribution in [3.63, 3.8) is 0 Å². The normalized spacial score (nSPS) is 11.3. The van der Waals surface area contributed by atoms with Gasteiger partial charge in [0.25, 0.3) is 0 Å². The molecule has 4 aromatic rings. The number of fused-ring (bicyclic) bond motifs is 2. The van der Waals surface area contributed by atoms with Crippen molar-refractivity contribution in [3.8, 4) is 22.2 Å². The molecule has 2 aromatic heterocycles. The van der Waals surface area contributed by atoms with Gasteiger partial charge in [-0.25, -0.2) is 19.3 Å². The third-order valence-electron chi connectivity index (χ3n) is 4.60. The van der Waals surface area contributed by atoms with Gasteiger partial charge in [0.2, 0.25) is 5.88 Å². The van der Waals surface area contributed by atoms with Crippen LogP contribution in [0.4, 0.5) is 4.39 Å². The standard InChI is InChI=1S/C21H20FN3O3S/c1-4-5-12-19(28-10-26)14(22)8-16-20(12)29-21(25-16)13-6-11(2)7-15-18(13)23-9-17(24-15)27-3/h6-9,26H,4-5,10H2,1-3H3. The van der Waals surface area contributed by atoms with Gasteiger partial charge in [0.05, 0.1) is 34.6 Å². The molecule has 0 saturated carbocycles. The summed E-state index contributed by atoms with van der Waals surface area (Å²) in [5, 5.41) is 9.89. The first-order valence-corrected chi connectivity index (χ1v) is 10.0. The lowest BCUT2D eigenvalue weighted by Gasteiger charge is -2.10. The van der Waals surface area contributed by atoms with E-state index in [1.165, 1.54) is 17.4 Å². The van der Waals surface area contributed by atoms with Gasteiger partial charge >= 0.3 is 0 Å². The van der Waals surface area contributed by atoms with Gasteiger partial charge in [-0.15, -0.1) is 11.3 Å². The topological polar surface area (TPSA) is 77.4 Å². The van der Waals surface area contributed by atoms with Gasteiger partial charge < -0.3 is 14.6 Å². The molecule has 2 aromatic carbocycles. The highest BCUT2D eigenvalue weighted by Gasteiger charge is 2.20. The van der Waals surface area contributed by atoms with Crippen LogP contribution in [0.15, 0.2) is 24.4 Å². The number of benzene rings is 2. The third-order valence-corrected chi connectivity index (χ3v) is 5.76. The zero-order valence-corrected chi connectivity index (χ0v) is 17.1. The maximum Gasteiger partial charge on any atom is 0.232 e. The fourth-order valence-corrected chi connectivity index (χ4v) is 4.53. The summed E-state index contributed by atoms with van der Waals surface area (Å²) in [5.74, 6) is 0.0117. The molecule has 0 amide bonds. The number of hydrogen-bond donors (Lipinski definition) is 1. The van der Waals surface area contributed by atoms with Crippen LogP contribution in [0.5, 0.6) is 11.6 Å². The Kier molecular flexibility index (Phi) is 5.29. The van der Waals surface area contributed by atoms with Crippen LogP contribution in [0.1, 0.15) is 24.5 Å². The van der Waals surface area contributed by atoms with Gasteiger partial charge in [-0.05, 0) is 31.0 Å². The largest absolute Gasteiger partial charge is 0.480 e. The Morgan fingerprint density at radius 2 is 2.00 bits per heavy atom. The number of nitrogens with zero attached hydrogens (tertiary/aromatic N) is 3. The zero-order chi connectivity index (χ0) is 20.5. The van der Waals surface area contributed by atoms with E-state index in [1.807, 2.05) is 26.0 Å². The number of halogens is 1. The van der Waals surface area contributed by atoms with E-state index in [1.54, 1.807) is 13.3 Å². The van der Waals surface area contributed by atoms with Crippen molar-refractivity contribution in [1.29, 1.82) is 0 Å². The summed E-state index contributed by atoms with van der Waals surface area (Å²) >= 11 is 1.46. The Labute approximate surface area is 171 Å². The molecular weight excluding hydrogens is 393 g/mol. The molecule has 0 aliphatic heterocycles. The van der Waals surface area contributed by atoms with E-state index in [4.69, 9.17) is 14.6 Å². The average molecular weight is 413 g/mol. The van der Waals surface area contributed by atoms with Crippen molar-refractivity contribution in [3.05, 3.63) is 41.3 Å². The number of aliphatic hydroxyl groups is 1. The summed E-state index contributed by atoms with van der Waals surface area (Å²) in [6, 6.07) is 5.30. The lowest BCUT2D eigenvalue weighted by molar-refractivity contribution is 0.0936. The number of rotatable bonds is 6. The SMILES string of the molecule is CCCc1c(OCO)c(F)cc2nc(-c3cc(C)cc4nc(OC)cnc34)sc12. The first kappa shape index (κ1) is 19.5. The molecule has 0 atom stereocenters. The minimum absolute atomic E-state index is 0.0932. The Bertz CT molecular complexity index is 1210. The highest BCUT2D eigenvalue weighted by molar-refractivity contribution is 7.22. The summed E-state index contributed by atoms with van der Waals surface area (Å²) in [4.78, 5) is 13.7. The molecule has 0 aliphatic carbocycles. The van der Waals surface area contributed by atoms with Crippen molar-refractivity contribution in [1.82, 2.24) is 15.0 Å². The molecule has 8 heteroatoms. The Morgan fingerprint density at radius 3 is 2.72 bits per heavy atom. The fourth-order valence-electron chi connectivity index (χ4n) is 3.40. The van der Waals surface area contributed by atoms with Crippen LogP contribution in [0.3, 0.4) is 0 Å². The zero-order valence-electron chi connectivity index (χ0n) is 16.3. The highest BCUT2D eigenvalue weighted by atomic mass is 32.1. The van der Waals surface area contributed by atoms with Crippen LogP contribution in [0.25, 0.3) is 31.8 Å². The van der Waals surface area contributed by atoms with E-state index in [-0.39, 0.29) is 5.75 Å². The molecule has 29 heavy (non-hydrogen) atoms. The van der Waals surface area contributed by atoms with Gasteiger partial charge in [0.1, 0.15) is 5.01 Å². The number of thiazole rings is 1. The van der Waals surface area contributed by atoms with Crippen molar-refractivity contribution in [2.24, 2.45) is 0 Å². The van der Waals surface area contributed by atoms with Crippen molar-refractivity contribution < 1.29 is 19.0 Å². The number of aromatic nitrogens is 3. The lowest BCUT2D eigenvalue weighted by Crippen LogP contribution is -2.01. The fraction of sp³-hybridized carbons (Fsp3) is 0.286. The molecule has 2 heterocycles. The molecular formula is C21H20FN3O3S. The average Bonchev–Trinajstić information content (AvgIpc) is 3.13.